The normalized spacial score (nSPS) is 11.8. The van der Waals surface area contributed by atoms with Crippen LogP contribution < -0.4 is 14.4 Å². The molecule has 1 amide bonds. The Morgan fingerprint density at radius 3 is 2.38 bits per heavy atom. The van der Waals surface area contributed by atoms with Crippen molar-refractivity contribution in [2.24, 2.45) is 0 Å². The molecular weight excluding hydrogens is 613 g/mol. The van der Waals surface area contributed by atoms with Crippen LogP contribution in [0.3, 0.4) is 0 Å². The Morgan fingerprint density at radius 2 is 1.71 bits per heavy atom. The molecule has 1 N–H and O–H groups in total. The maximum Gasteiger partial charge on any atom is 0.387 e. The number of aromatic nitrogens is 2. The zero-order valence-corrected chi connectivity index (χ0v) is 24.7. The molecule has 0 saturated heterocycles. The fourth-order valence-corrected chi connectivity index (χ4v) is 5.41. The van der Waals surface area contributed by atoms with Gasteiger partial charge in [-0.1, -0.05) is 6.07 Å². The van der Waals surface area contributed by atoms with E-state index in [1.807, 2.05) is 0 Å². The van der Waals surface area contributed by atoms with Gasteiger partial charge in [-0.15, -0.1) is 0 Å². The lowest BCUT2D eigenvalue weighted by atomic mass is 9.97. The van der Waals surface area contributed by atoms with Crippen molar-refractivity contribution in [1.82, 2.24) is 15.3 Å². The van der Waals surface area contributed by atoms with Crippen LogP contribution in [0.25, 0.3) is 56.1 Å². The number of pyridine rings is 1. The summed E-state index contributed by atoms with van der Waals surface area (Å²) >= 11 is 0. The number of carbonyl (C=O) groups is 1. The molecule has 0 saturated carbocycles. The molecule has 3 aromatic carbocycles. The zero-order valence-electron chi connectivity index (χ0n) is 23.8. The van der Waals surface area contributed by atoms with Crippen LogP contribution in [0.2, 0.25) is 0 Å². The number of nitrogens with one attached hydrogen (secondary N) is 1. The number of sulfonamides is 1. The Labute approximate surface area is 254 Å². The lowest BCUT2D eigenvalue weighted by Gasteiger charge is -2.21. The van der Waals surface area contributed by atoms with Crippen LogP contribution in [0.1, 0.15) is 10.4 Å². The Hall–Kier alpha value is -5.37. The minimum absolute atomic E-state index is 0.0459. The van der Waals surface area contributed by atoms with E-state index < -0.39 is 28.4 Å². The van der Waals surface area contributed by atoms with Crippen molar-refractivity contribution in [3.63, 3.8) is 0 Å². The smallest absolute Gasteiger partial charge is 0.387 e. The second-order valence-corrected chi connectivity index (χ2v) is 11.9. The van der Waals surface area contributed by atoms with Gasteiger partial charge in [-0.25, -0.2) is 17.8 Å². The van der Waals surface area contributed by atoms with E-state index in [4.69, 9.17) is 13.6 Å². The maximum atomic E-state index is 13.7. The number of hydrogen-bond acceptors (Lipinski definition) is 8. The number of ether oxygens (including phenoxy) is 1. The van der Waals surface area contributed by atoms with E-state index in [-0.39, 0.29) is 45.4 Å². The molecule has 230 valence electrons. The predicted octanol–water partition coefficient (Wildman–Crippen LogP) is 6.47. The highest BCUT2D eigenvalue weighted by Crippen LogP contribution is 2.43. The second-order valence-electron chi connectivity index (χ2n) is 9.92. The summed E-state index contributed by atoms with van der Waals surface area (Å²) in [5.41, 5.74) is 2.09. The summed E-state index contributed by atoms with van der Waals surface area (Å²) in [6.45, 7) is -3.16. The number of anilines is 1. The van der Waals surface area contributed by atoms with Gasteiger partial charge >= 0.3 is 6.61 Å². The molecule has 0 atom stereocenters. The average molecular weight is 637 g/mol. The third kappa shape index (κ3) is 5.55. The lowest BCUT2D eigenvalue weighted by Crippen LogP contribution is -2.25. The number of halogens is 3. The van der Waals surface area contributed by atoms with Gasteiger partial charge in [-0.2, -0.15) is 13.8 Å². The maximum absolute atomic E-state index is 13.7. The van der Waals surface area contributed by atoms with Gasteiger partial charge in [0, 0.05) is 42.9 Å². The number of hydrogen-bond donors (Lipinski definition) is 1. The molecule has 0 radical (unpaired) electrons. The van der Waals surface area contributed by atoms with Gasteiger partial charge in [0.15, 0.2) is 11.2 Å². The molecule has 0 spiro atoms. The number of alkyl halides is 2. The van der Waals surface area contributed by atoms with Crippen LogP contribution in [-0.4, -0.2) is 51.3 Å². The number of furan rings is 1. The van der Waals surface area contributed by atoms with Gasteiger partial charge in [0.25, 0.3) is 5.91 Å². The van der Waals surface area contributed by atoms with E-state index in [0.717, 1.165) is 10.6 Å². The quantitative estimate of drug-likeness (QED) is 0.202. The highest BCUT2D eigenvalue weighted by Gasteiger charge is 2.27. The standard InChI is InChI=1S/C31H23F3N4O6S/c1-35-29(39)26-20-14-19(22(38(2)45(3,40)41)15-25(20)42-27(26)16-6-9-18(32)10-7-16)17-8-11-23(44-31(33)34)21(13-17)30-37-28-24(43-30)5-4-12-36-28/h4-15,31H,1-3H3,(H,35,39). The highest BCUT2D eigenvalue weighted by atomic mass is 32.2. The summed E-state index contributed by atoms with van der Waals surface area (Å²) < 4.78 is 83.7. The van der Waals surface area contributed by atoms with Gasteiger partial charge < -0.3 is 18.9 Å². The van der Waals surface area contributed by atoms with Gasteiger partial charge in [0.05, 0.1) is 23.1 Å². The second kappa shape index (κ2) is 11.3. The molecule has 0 unspecified atom stereocenters. The Balaban J connectivity index is 1.64. The number of carbonyl (C=O) groups excluding carboxylic acids is 1. The molecule has 0 bridgehead atoms. The van der Waals surface area contributed by atoms with E-state index in [2.05, 4.69) is 15.3 Å². The molecule has 10 nitrogen and oxygen atoms in total. The summed E-state index contributed by atoms with van der Waals surface area (Å²) in [6, 6.07) is 15.8. The molecule has 3 heterocycles. The summed E-state index contributed by atoms with van der Waals surface area (Å²) in [6.07, 6.45) is 2.51. The molecule has 6 rings (SSSR count). The van der Waals surface area contributed by atoms with Crippen molar-refractivity contribution < 1.29 is 40.0 Å². The topological polar surface area (TPSA) is 128 Å². The summed E-state index contributed by atoms with van der Waals surface area (Å²) in [5, 5.41) is 2.89. The van der Waals surface area contributed by atoms with E-state index in [0.29, 0.717) is 27.7 Å². The van der Waals surface area contributed by atoms with Crippen LogP contribution in [0, 0.1) is 5.82 Å². The molecule has 0 fully saturated rings. The number of amides is 1. The van der Waals surface area contributed by atoms with Crippen molar-refractivity contribution >= 4 is 43.8 Å². The van der Waals surface area contributed by atoms with Crippen molar-refractivity contribution in [2.45, 2.75) is 6.61 Å². The zero-order chi connectivity index (χ0) is 32.0. The first-order valence-electron chi connectivity index (χ1n) is 13.3. The first-order chi connectivity index (χ1) is 21.4. The Kier molecular flexibility index (Phi) is 7.44. The molecule has 3 aromatic heterocycles. The van der Waals surface area contributed by atoms with E-state index >= 15 is 0 Å². The first kappa shape index (κ1) is 29.7. The highest BCUT2D eigenvalue weighted by molar-refractivity contribution is 7.92. The summed E-state index contributed by atoms with van der Waals surface area (Å²) in [5.74, 6) is -1.17. The summed E-state index contributed by atoms with van der Waals surface area (Å²) in [7, 11) is -1.06. The van der Waals surface area contributed by atoms with Gasteiger partial charge in [0.2, 0.25) is 15.9 Å². The number of benzene rings is 3. The van der Waals surface area contributed by atoms with Gasteiger partial charge in [-0.3, -0.25) is 9.10 Å². The van der Waals surface area contributed by atoms with Crippen molar-refractivity contribution in [3.8, 4) is 39.7 Å². The van der Waals surface area contributed by atoms with Crippen LogP contribution in [0.15, 0.2) is 81.8 Å². The number of fused-ring (bicyclic) bond motifs is 2. The fraction of sp³-hybridized carbons (Fsp3) is 0.129. The SMILES string of the molecule is CNC(=O)c1c(-c2ccc(F)cc2)oc2cc(N(C)S(C)(=O)=O)c(-c3ccc(OC(F)F)c(-c4nc5ncccc5o4)c3)cc12. The minimum atomic E-state index is -3.83. The Morgan fingerprint density at radius 1 is 0.978 bits per heavy atom. The molecule has 14 heteroatoms. The summed E-state index contributed by atoms with van der Waals surface area (Å²) in [4.78, 5) is 21.6. The first-order valence-corrected chi connectivity index (χ1v) is 15.1. The van der Waals surface area contributed by atoms with Crippen LogP contribution >= 0.6 is 0 Å². The molecule has 6 aromatic rings. The minimum Gasteiger partial charge on any atom is -0.455 e. The van der Waals surface area contributed by atoms with Gasteiger partial charge in [-0.05, 0) is 60.2 Å². The molecule has 0 aliphatic rings. The van der Waals surface area contributed by atoms with Crippen molar-refractivity contribution in [1.29, 1.82) is 0 Å². The van der Waals surface area contributed by atoms with Gasteiger partial charge in [0.1, 0.15) is 22.9 Å². The van der Waals surface area contributed by atoms with E-state index in [9.17, 15) is 26.4 Å². The van der Waals surface area contributed by atoms with Crippen LogP contribution in [0.4, 0.5) is 18.9 Å². The number of rotatable bonds is 8. The Bertz CT molecular complexity index is 2160. The third-order valence-corrected chi connectivity index (χ3v) is 8.30. The fourth-order valence-electron chi connectivity index (χ4n) is 4.91. The lowest BCUT2D eigenvalue weighted by molar-refractivity contribution is -0.0495. The number of oxazole rings is 1. The van der Waals surface area contributed by atoms with Crippen LogP contribution in [-0.2, 0) is 10.0 Å². The van der Waals surface area contributed by atoms with Crippen molar-refractivity contribution in [3.05, 3.63) is 84.3 Å². The third-order valence-electron chi connectivity index (χ3n) is 7.11. The number of nitrogens with zero attached hydrogens (tertiary/aromatic N) is 3. The average Bonchev–Trinajstić information content (AvgIpc) is 3.61. The van der Waals surface area contributed by atoms with E-state index in [1.165, 1.54) is 68.8 Å². The molecule has 0 aliphatic heterocycles. The molecular formula is C31H23F3N4O6S. The predicted molar refractivity (Wildman–Crippen MR) is 161 cm³/mol. The van der Waals surface area contributed by atoms with Crippen molar-refractivity contribution in [2.75, 3.05) is 24.7 Å². The molecule has 45 heavy (non-hydrogen) atoms. The largest absolute Gasteiger partial charge is 0.455 e. The van der Waals surface area contributed by atoms with E-state index in [1.54, 1.807) is 18.2 Å². The molecule has 0 aliphatic carbocycles. The van der Waals surface area contributed by atoms with Crippen LogP contribution in [0.5, 0.6) is 5.75 Å². The monoisotopic (exact) mass is 636 g/mol.